The predicted octanol–water partition coefficient (Wildman–Crippen LogP) is 1.00. The smallest absolute Gasteiger partial charge is 0.304 e. The molecular weight excluding hydrogens is 394 g/mol. The van der Waals surface area contributed by atoms with Gasteiger partial charge in [0.25, 0.3) is 0 Å². The third-order valence-electron chi connectivity index (χ3n) is 3.49. The van der Waals surface area contributed by atoms with E-state index in [1.165, 1.54) is 0 Å². The second kappa shape index (κ2) is 17.7. The minimum absolute atomic E-state index is 0.0116. The van der Waals surface area contributed by atoms with Gasteiger partial charge in [0, 0.05) is 31.2 Å². The van der Waals surface area contributed by atoms with Crippen LogP contribution < -0.4 is 0 Å². The topological polar surface area (TPSA) is 102 Å². The Morgan fingerprint density at radius 1 is 0.926 bits per heavy atom. The molecule has 0 aromatic heterocycles. The summed E-state index contributed by atoms with van der Waals surface area (Å²) in [4.78, 5) is 12.3. The van der Waals surface area contributed by atoms with Crippen LogP contribution in [0.1, 0.15) is 19.8 Å². The fourth-order valence-electron chi connectivity index (χ4n) is 1.88. The number of thioether (sulfide) groups is 1. The van der Waals surface area contributed by atoms with E-state index in [0.717, 1.165) is 18.8 Å². The highest BCUT2D eigenvalue weighted by atomic mass is 32.2. The van der Waals surface area contributed by atoms with Gasteiger partial charge in [-0.2, -0.15) is 11.8 Å². The first-order valence-electron chi connectivity index (χ1n) is 9.29. The average molecular weight is 430 g/mol. The van der Waals surface area contributed by atoms with E-state index in [4.69, 9.17) is 19.3 Å². The first-order valence-corrected chi connectivity index (χ1v) is 12.3. The molecule has 0 aliphatic rings. The van der Waals surface area contributed by atoms with Crippen LogP contribution in [0.3, 0.4) is 0 Å². The molecule has 0 aliphatic heterocycles. The summed E-state index contributed by atoms with van der Waals surface area (Å²) >= 11 is 1.56. The first-order chi connectivity index (χ1) is 12.9. The zero-order valence-corrected chi connectivity index (χ0v) is 18.2. The van der Waals surface area contributed by atoms with Gasteiger partial charge in [0.1, 0.15) is 0 Å². The molecule has 0 rings (SSSR count). The Morgan fingerprint density at radius 3 is 2.26 bits per heavy atom. The standard InChI is InChI=1S/C17H35NO7S2/c1-3-7-23-9-10-25-11-13-26-14-16-27(21,22)15-12-24-8-6-18(2)5-4-17(19)20/h3-16H2,1-2H3,(H,19,20). The van der Waals surface area contributed by atoms with Crippen LogP contribution in [0.5, 0.6) is 0 Å². The summed E-state index contributed by atoms with van der Waals surface area (Å²) < 4.78 is 39.9. The molecule has 0 unspecified atom stereocenters. The second-order valence-electron chi connectivity index (χ2n) is 6.05. The lowest BCUT2D eigenvalue weighted by atomic mass is 10.4. The second-order valence-corrected chi connectivity index (χ2v) is 9.58. The number of hydrogen-bond acceptors (Lipinski definition) is 8. The van der Waals surface area contributed by atoms with Crippen molar-refractivity contribution in [2.24, 2.45) is 0 Å². The number of carboxylic acids is 1. The Bertz CT molecular complexity index is 460. The minimum Gasteiger partial charge on any atom is -0.481 e. The van der Waals surface area contributed by atoms with Crippen LogP contribution in [0.15, 0.2) is 0 Å². The van der Waals surface area contributed by atoms with Gasteiger partial charge >= 0.3 is 5.97 Å². The van der Waals surface area contributed by atoms with E-state index in [0.29, 0.717) is 45.3 Å². The Morgan fingerprint density at radius 2 is 1.59 bits per heavy atom. The molecule has 8 nitrogen and oxygen atoms in total. The molecule has 0 fully saturated rings. The monoisotopic (exact) mass is 429 g/mol. The molecule has 0 aliphatic carbocycles. The molecule has 0 saturated carbocycles. The number of carboxylic acid groups (broad SMARTS) is 1. The molecule has 0 bridgehead atoms. The number of aliphatic carboxylic acids is 1. The third-order valence-corrected chi connectivity index (χ3v) is 6.32. The Kier molecular flexibility index (Phi) is 17.4. The van der Waals surface area contributed by atoms with E-state index in [2.05, 4.69) is 6.92 Å². The van der Waals surface area contributed by atoms with Gasteiger partial charge in [-0.25, -0.2) is 8.42 Å². The Hall–Kier alpha value is -0.390. The maximum Gasteiger partial charge on any atom is 0.304 e. The number of carbonyl (C=O) groups is 1. The van der Waals surface area contributed by atoms with Gasteiger partial charge in [-0.15, -0.1) is 0 Å². The zero-order valence-electron chi connectivity index (χ0n) is 16.6. The first kappa shape index (κ1) is 26.6. The van der Waals surface area contributed by atoms with Gasteiger partial charge in [-0.05, 0) is 13.5 Å². The Balaban J connectivity index is 3.49. The summed E-state index contributed by atoms with van der Waals surface area (Å²) in [5, 5.41) is 8.59. The molecule has 0 heterocycles. The van der Waals surface area contributed by atoms with Crippen LogP contribution in [0.4, 0.5) is 0 Å². The summed E-state index contributed by atoms with van der Waals surface area (Å²) in [6, 6.07) is 0. The van der Waals surface area contributed by atoms with Gasteiger partial charge in [-0.3, -0.25) is 4.79 Å². The molecule has 0 amide bonds. The van der Waals surface area contributed by atoms with E-state index in [-0.39, 0.29) is 24.5 Å². The quantitative estimate of drug-likeness (QED) is 0.284. The van der Waals surface area contributed by atoms with Crippen LogP contribution in [-0.2, 0) is 28.8 Å². The molecule has 27 heavy (non-hydrogen) atoms. The van der Waals surface area contributed by atoms with E-state index in [1.54, 1.807) is 11.8 Å². The minimum atomic E-state index is -3.11. The van der Waals surface area contributed by atoms with Crippen molar-refractivity contribution in [2.75, 3.05) is 82.8 Å². The van der Waals surface area contributed by atoms with Crippen LogP contribution in [0.2, 0.25) is 0 Å². The molecule has 1 N–H and O–H groups in total. The van der Waals surface area contributed by atoms with E-state index in [1.807, 2.05) is 11.9 Å². The molecule has 0 spiro atoms. The molecule has 162 valence electrons. The van der Waals surface area contributed by atoms with Crippen molar-refractivity contribution in [3.8, 4) is 0 Å². The van der Waals surface area contributed by atoms with Crippen molar-refractivity contribution >= 4 is 27.6 Å². The molecular formula is C17H35NO7S2. The van der Waals surface area contributed by atoms with Gasteiger partial charge in [0.15, 0.2) is 9.84 Å². The van der Waals surface area contributed by atoms with Gasteiger partial charge in [0.05, 0.1) is 51.0 Å². The summed E-state index contributed by atoms with van der Waals surface area (Å²) in [5.74, 6) is 0.634. The summed E-state index contributed by atoms with van der Waals surface area (Å²) in [6.07, 6.45) is 1.08. The fourth-order valence-corrected chi connectivity index (χ4v) is 4.38. The highest BCUT2D eigenvalue weighted by Crippen LogP contribution is 2.03. The normalized spacial score (nSPS) is 12.0. The fraction of sp³-hybridized carbons (Fsp3) is 0.941. The molecule has 10 heteroatoms. The van der Waals surface area contributed by atoms with Crippen molar-refractivity contribution < 1.29 is 32.5 Å². The summed E-state index contributed by atoms with van der Waals surface area (Å²) in [7, 11) is -1.30. The lowest BCUT2D eigenvalue weighted by Crippen LogP contribution is -2.26. The average Bonchev–Trinajstić information content (AvgIpc) is 2.61. The maximum absolute atomic E-state index is 11.9. The summed E-state index contributed by atoms with van der Waals surface area (Å²) in [5.41, 5.74) is 0. The number of likely N-dealkylation sites (N-methyl/N-ethyl adjacent to an activating group) is 1. The molecule has 0 aromatic carbocycles. The Labute approximate surface area is 167 Å². The molecule has 0 atom stereocenters. The van der Waals surface area contributed by atoms with Gasteiger partial charge < -0.3 is 24.2 Å². The number of hydrogen-bond donors (Lipinski definition) is 1. The number of sulfone groups is 1. The SMILES string of the molecule is CCCOCCOCCSCCS(=O)(=O)CCOCCN(C)CCC(=O)O. The van der Waals surface area contributed by atoms with Crippen molar-refractivity contribution in [3.05, 3.63) is 0 Å². The van der Waals surface area contributed by atoms with Crippen molar-refractivity contribution in [1.82, 2.24) is 4.90 Å². The number of rotatable bonds is 20. The van der Waals surface area contributed by atoms with E-state index >= 15 is 0 Å². The lowest BCUT2D eigenvalue weighted by Gasteiger charge is -2.15. The van der Waals surface area contributed by atoms with E-state index < -0.39 is 15.8 Å². The van der Waals surface area contributed by atoms with Crippen LogP contribution in [0.25, 0.3) is 0 Å². The molecule has 0 aromatic rings. The van der Waals surface area contributed by atoms with Crippen LogP contribution >= 0.6 is 11.8 Å². The molecule has 0 radical (unpaired) electrons. The third kappa shape index (κ3) is 20.2. The largest absolute Gasteiger partial charge is 0.481 e. The highest BCUT2D eigenvalue weighted by molar-refractivity contribution is 8.00. The molecule has 0 saturated heterocycles. The summed E-state index contributed by atoms with van der Waals surface area (Å²) in [6.45, 7) is 6.15. The highest BCUT2D eigenvalue weighted by Gasteiger charge is 2.10. The van der Waals surface area contributed by atoms with Gasteiger partial charge in [-0.1, -0.05) is 6.92 Å². The van der Waals surface area contributed by atoms with Crippen LogP contribution in [-0.4, -0.2) is 107 Å². The number of ether oxygens (including phenoxy) is 3. The van der Waals surface area contributed by atoms with Crippen molar-refractivity contribution in [2.45, 2.75) is 19.8 Å². The predicted molar refractivity (Wildman–Crippen MR) is 108 cm³/mol. The van der Waals surface area contributed by atoms with Crippen molar-refractivity contribution in [1.29, 1.82) is 0 Å². The van der Waals surface area contributed by atoms with E-state index in [9.17, 15) is 13.2 Å². The number of nitrogens with zero attached hydrogens (tertiary/aromatic N) is 1. The lowest BCUT2D eigenvalue weighted by molar-refractivity contribution is -0.137. The van der Waals surface area contributed by atoms with Gasteiger partial charge in [0.2, 0.25) is 0 Å². The van der Waals surface area contributed by atoms with Crippen molar-refractivity contribution in [3.63, 3.8) is 0 Å². The zero-order chi connectivity index (χ0) is 20.4. The van der Waals surface area contributed by atoms with Crippen LogP contribution in [0, 0.1) is 0 Å². The maximum atomic E-state index is 11.9.